The molecule has 0 spiro atoms. The molecule has 0 radical (unpaired) electrons. The third kappa shape index (κ3) is 3.71. The number of carbonyl (C=O) groups is 1. The third-order valence-electron chi connectivity index (χ3n) is 5.90. The lowest BCUT2D eigenvalue weighted by Gasteiger charge is -2.48. The van der Waals surface area contributed by atoms with Gasteiger partial charge in [-0.1, -0.05) is 13.3 Å². The first-order valence-corrected chi connectivity index (χ1v) is 10.3. The SMILES string of the molecule is CCC[C@H]1COC[C@H]2CN(C(=O)c3ccc(-n4nc(C)cc4C)cc3)CCN12. The highest BCUT2D eigenvalue weighted by atomic mass is 16.5. The number of morpholine rings is 1. The average Bonchev–Trinajstić information content (AvgIpc) is 3.05. The molecule has 150 valence electrons. The zero-order chi connectivity index (χ0) is 19.7. The van der Waals surface area contributed by atoms with Crippen LogP contribution in [-0.4, -0.2) is 70.4 Å². The molecular weight excluding hydrogens is 352 g/mol. The van der Waals surface area contributed by atoms with Gasteiger partial charge in [-0.2, -0.15) is 5.10 Å². The van der Waals surface area contributed by atoms with Crippen molar-refractivity contribution in [3.8, 4) is 5.69 Å². The molecule has 0 aliphatic carbocycles. The topological polar surface area (TPSA) is 50.6 Å². The number of amides is 1. The van der Waals surface area contributed by atoms with Gasteiger partial charge in [-0.25, -0.2) is 4.68 Å². The summed E-state index contributed by atoms with van der Waals surface area (Å²) in [6.07, 6.45) is 2.33. The molecule has 2 atom stereocenters. The van der Waals surface area contributed by atoms with E-state index in [4.69, 9.17) is 4.74 Å². The Morgan fingerprint density at radius 3 is 2.64 bits per heavy atom. The predicted octanol–water partition coefficient (Wildman–Crippen LogP) is 2.81. The quantitative estimate of drug-likeness (QED) is 0.816. The fourth-order valence-corrected chi connectivity index (χ4v) is 4.52. The minimum atomic E-state index is 0.109. The molecule has 1 amide bonds. The number of aromatic nitrogens is 2. The van der Waals surface area contributed by atoms with Crippen LogP contribution in [-0.2, 0) is 4.74 Å². The second-order valence-corrected chi connectivity index (χ2v) is 8.01. The second kappa shape index (κ2) is 8.05. The van der Waals surface area contributed by atoms with Gasteiger partial charge in [-0.15, -0.1) is 0 Å². The number of fused-ring (bicyclic) bond motifs is 1. The van der Waals surface area contributed by atoms with Crippen LogP contribution in [0.5, 0.6) is 0 Å². The number of nitrogens with zero attached hydrogens (tertiary/aromatic N) is 4. The molecular formula is C22H30N4O2. The molecule has 0 N–H and O–H groups in total. The van der Waals surface area contributed by atoms with Gasteiger partial charge in [0, 0.05) is 36.9 Å². The number of aryl methyl sites for hydroxylation is 2. The molecule has 2 saturated heterocycles. The number of carbonyl (C=O) groups excluding carboxylic acids is 1. The number of rotatable bonds is 4. The van der Waals surface area contributed by atoms with E-state index in [1.54, 1.807) is 0 Å². The van der Waals surface area contributed by atoms with Crippen molar-refractivity contribution in [3.63, 3.8) is 0 Å². The number of hydrogen-bond donors (Lipinski definition) is 0. The van der Waals surface area contributed by atoms with E-state index in [0.717, 1.165) is 61.9 Å². The molecule has 0 saturated carbocycles. The molecule has 2 aliphatic heterocycles. The zero-order valence-corrected chi connectivity index (χ0v) is 17.1. The molecule has 6 nitrogen and oxygen atoms in total. The number of hydrogen-bond acceptors (Lipinski definition) is 4. The van der Waals surface area contributed by atoms with Crippen LogP contribution in [0.1, 0.15) is 41.5 Å². The second-order valence-electron chi connectivity index (χ2n) is 8.01. The highest BCUT2D eigenvalue weighted by molar-refractivity contribution is 5.94. The van der Waals surface area contributed by atoms with Gasteiger partial charge < -0.3 is 9.64 Å². The minimum Gasteiger partial charge on any atom is -0.378 e. The summed E-state index contributed by atoms with van der Waals surface area (Å²) in [7, 11) is 0. The first-order chi connectivity index (χ1) is 13.6. The lowest BCUT2D eigenvalue weighted by Crippen LogP contribution is -2.62. The maximum Gasteiger partial charge on any atom is 0.253 e. The normalized spacial score (nSPS) is 22.9. The fourth-order valence-electron chi connectivity index (χ4n) is 4.52. The summed E-state index contributed by atoms with van der Waals surface area (Å²) in [5, 5.41) is 4.51. The number of ether oxygens (including phenoxy) is 1. The summed E-state index contributed by atoms with van der Waals surface area (Å²) in [5.74, 6) is 0.109. The Morgan fingerprint density at radius 1 is 1.18 bits per heavy atom. The summed E-state index contributed by atoms with van der Waals surface area (Å²) in [5.41, 5.74) is 3.80. The van der Waals surface area contributed by atoms with Gasteiger partial charge >= 0.3 is 0 Å². The standard InChI is InChI=1S/C22H30N4O2/c1-4-5-20-14-28-15-21-13-24(10-11-25(20)21)22(27)18-6-8-19(9-7-18)26-17(3)12-16(2)23-26/h6-9,12,20-21H,4-5,10-11,13-15H2,1-3H3/t20-,21+/m0/s1. The average molecular weight is 383 g/mol. The van der Waals surface area contributed by atoms with E-state index in [9.17, 15) is 4.79 Å². The van der Waals surface area contributed by atoms with E-state index in [1.165, 1.54) is 6.42 Å². The van der Waals surface area contributed by atoms with Crippen LogP contribution >= 0.6 is 0 Å². The Kier molecular flexibility index (Phi) is 5.51. The summed E-state index contributed by atoms with van der Waals surface area (Å²) in [4.78, 5) is 17.6. The van der Waals surface area contributed by atoms with Gasteiger partial charge in [0.25, 0.3) is 5.91 Å². The van der Waals surface area contributed by atoms with E-state index in [1.807, 2.05) is 47.7 Å². The highest BCUT2D eigenvalue weighted by Crippen LogP contribution is 2.23. The van der Waals surface area contributed by atoms with Crippen LogP contribution in [0, 0.1) is 13.8 Å². The van der Waals surface area contributed by atoms with Crippen LogP contribution in [0.25, 0.3) is 5.69 Å². The summed E-state index contributed by atoms with van der Waals surface area (Å²) in [6, 6.07) is 10.7. The zero-order valence-electron chi connectivity index (χ0n) is 17.1. The number of piperazine rings is 1. The molecule has 2 fully saturated rings. The molecule has 6 heteroatoms. The van der Waals surface area contributed by atoms with Crippen LogP contribution in [0.4, 0.5) is 0 Å². The van der Waals surface area contributed by atoms with Gasteiger partial charge in [-0.3, -0.25) is 9.69 Å². The minimum absolute atomic E-state index is 0.109. The van der Waals surface area contributed by atoms with Crippen molar-refractivity contribution < 1.29 is 9.53 Å². The summed E-state index contributed by atoms with van der Waals surface area (Å²) < 4.78 is 7.74. The van der Waals surface area contributed by atoms with Crippen LogP contribution < -0.4 is 0 Å². The van der Waals surface area contributed by atoms with Gasteiger partial charge in [0.2, 0.25) is 0 Å². The largest absolute Gasteiger partial charge is 0.378 e. The smallest absolute Gasteiger partial charge is 0.253 e. The molecule has 2 aromatic rings. The van der Waals surface area contributed by atoms with Crippen molar-refractivity contribution in [3.05, 3.63) is 47.3 Å². The maximum absolute atomic E-state index is 13.0. The van der Waals surface area contributed by atoms with Crippen molar-refractivity contribution in [2.24, 2.45) is 0 Å². The van der Waals surface area contributed by atoms with Crippen molar-refractivity contribution >= 4 is 5.91 Å². The number of benzene rings is 1. The molecule has 0 bridgehead atoms. The van der Waals surface area contributed by atoms with Gasteiger partial charge in [-0.05, 0) is 50.6 Å². The van der Waals surface area contributed by atoms with Crippen molar-refractivity contribution in [2.45, 2.75) is 45.7 Å². The first kappa shape index (κ1) is 19.2. The fraction of sp³-hybridized carbons (Fsp3) is 0.545. The highest BCUT2D eigenvalue weighted by Gasteiger charge is 2.36. The van der Waals surface area contributed by atoms with E-state index < -0.39 is 0 Å². The molecule has 0 unspecified atom stereocenters. The van der Waals surface area contributed by atoms with E-state index in [2.05, 4.69) is 23.0 Å². The van der Waals surface area contributed by atoms with Crippen molar-refractivity contribution in [1.29, 1.82) is 0 Å². The molecule has 28 heavy (non-hydrogen) atoms. The Balaban J connectivity index is 1.44. The van der Waals surface area contributed by atoms with Gasteiger partial charge in [0.1, 0.15) is 0 Å². The van der Waals surface area contributed by atoms with Crippen LogP contribution in [0.3, 0.4) is 0 Å². The third-order valence-corrected chi connectivity index (χ3v) is 5.90. The lowest BCUT2D eigenvalue weighted by atomic mass is 10.0. The Morgan fingerprint density at radius 2 is 1.96 bits per heavy atom. The van der Waals surface area contributed by atoms with Crippen LogP contribution in [0.15, 0.2) is 30.3 Å². The van der Waals surface area contributed by atoms with Gasteiger partial charge in [0.15, 0.2) is 0 Å². The van der Waals surface area contributed by atoms with E-state index in [0.29, 0.717) is 12.1 Å². The molecule has 3 heterocycles. The monoisotopic (exact) mass is 382 g/mol. The Labute approximate surface area is 167 Å². The van der Waals surface area contributed by atoms with E-state index in [-0.39, 0.29) is 5.91 Å². The van der Waals surface area contributed by atoms with Crippen molar-refractivity contribution in [2.75, 3.05) is 32.8 Å². The van der Waals surface area contributed by atoms with E-state index >= 15 is 0 Å². The summed E-state index contributed by atoms with van der Waals surface area (Å²) >= 11 is 0. The van der Waals surface area contributed by atoms with Gasteiger partial charge in [0.05, 0.1) is 30.6 Å². The molecule has 4 rings (SSSR count). The summed E-state index contributed by atoms with van der Waals surface area (Å²) in [6.45, 7) is 10.3. The lowest BCUT2D eigenvalue weighted by molar-refractivity contribution is -0.0776. The maximum atomic E-state index is 13.0. The predicted molar refractivity (Wildman–Crippen MR) is 109 cm³/mol. The molecule has 2 aliphatic rings. The molecule has 1 aromatic heterocycles. The molecule has 1 aromatic carbocycles. The van der Waals surface area contributed by atoms with Crippen LogP contribution in [0.2, 0.25) is 0 Å². The Hall–Kier alpha value is -2.18. The first-order valence-electron chi connectivity index (χ1n) is 10.3. The van der Waals surface area contributed by atoms with Crippen molar-refractivity contribution in [1.82, 2.24) is 19.6 Å². The Bertz CT molecular complexity index is 828.